The van der Waals surface area contributed by atoms with Gasteiger partial charge < -0.3 is 9.84 Å². The number of methoxy groups -OCH3 is 1. The molecule has 98 valence electrons. The van der Waals surface area contributed by atoms with Gasteiger partial charge in [-0.2, -0.15) is 5.10 Å². The van der Waals surface area contributed by atoms with Gasteiger partial charge in [0.2, 0.25) is 0 Å². The molecule has 0 fully saturated rings. The summed E-state index contributed by atoms with van der Waals surface area (Å²) in [5.41, 5.74) is 2.26. The fourth-order valence-corrected chi connectivity index (χ4v) is 2.03. The van der Waals surface area contributed by atoms with Crippen LogP contribution in [0.1, 0.15) is 5.56 Å². The van der Waals surface area contributed by atoms with Crippen LogP contribution in [0.2, 0.25) is 0 Å². The molecule has 0 amide bonds. The van der Waals surface area contributed by atoms with Crippen LogP contribution in [0.25, 0.3) is 10.9 Å². The molecule has 2 rings (SSSR count). The normalized spacial score (nSPS) is 11.5. The first kappa shape index (κ1) is 13.0. The number of aromatic nitrogens is 2. The molecule has 0 aliphatic heterocycles. The summed E-state index contributed by atoms with van der Waals surface area (Å²) >= 11 is 0. The maximum Gasteiger partial charge on any atom is 0.0695 e. The standard InChI is InChI=1S/C13H19N3O2/c1-18-8-6-16(5-7-17)10-12-4-2-3-11-9-14-15-13(11)12/h2-4,9,17H,5-8,10H2,1H3,(H,14,15). The number of fused-ring (bicyclic) bond motifs is 1. The highest BCUT2D eigenvalue weighted by Crippen LogP contribution is 2.17. The summed E-state index contributed by atoms with van der Waals surface area (Å²) in [6.07, 6.45) is 1.82. The van der Waals surface area contributed by atoms with Gasteiger partial charge in [0.05, 0.1) is 24.9 Å². The van der Waals surface area contributed by atoms with E-state index in [2.05, 4.69) is 21.2 Å². The predicted octanol–water partition coefficient (Wildman–Crippen LogP) is 1.00. The summed E-state index contributed by atoms with van der Waals surface area (Å²) in [6.45, 7) is 3.06. The van der Waals surface area contributed by atoms with Crippen molar-refractivity contribution in [1.29, 1.82) is 0 Å². The Kier molecular flexibility index (Phi) is 4.69. The molecule has 0 saturated heterocycles. The van der Waals surface area contributed by atoms with Gasteiger partial charge in [-0.25, -0.2) is 0 Å². The first-order valence-electron chi connectivity index (χ1n) is 6.08. The lowest BCUT2D eigenvalue weighted by molar-refractivity contribution is 0.127. The van der Waals surface area contributed by atoms with Crippen molar-refractivity contribution >= 4 is 10.9 Å². The Labute approximate surface area is 106 Å². The van der Waals surface area contributed by atoms with Crippen LogP contribution >= 0.6 is 0 Å². The van der Waals surface area contributed by atoms with Gasteiger partial charge in [-0.15, -0.1) is 0 Å². The topological polar surface area (TPSA) is 61.4 Å². The third kappa shape index (κ3) is 3.07. The lowest BCUT2D eigenvalue weighted by Crippen LogP contribution is -2.29. The van der Waals surface area contributed by atoms with Gasteiger partial charge in [0.1, 0.15) is 0 Å². The fraction of sp³-hybridized carbons (Fsp3) is 0.462. The summed E-state index contributed by atoms with van der Waals surface area (Å²) in [7, 11) is 1.69. The van der Waals surface area contributed by atoms with Crippen LogP contribution in [0.4, 0.5) is 0 Å². The van der Waals surface area contributed by atoms with Crippen LogP contribution < -0.4 is 0 Å². The highest BCUT2D eigenvalue weighted by atomic mass is 16.5. The van der Waals surface area contributed by atoms with E-state index >= 15 is 0 Å². The zero-order valence-electron chi connectivity index (χ0n) is 10.6. The Morgan fingerprint density at radius 2 is 2.28 bits per heavy atom. The highest BCUT2D eigenvalue weighted by molar-refractivity contribution is 5.81. The van der Waals surface area contributed by atoms with Crippen LogP contribution in [-0.4, -0.2) is 53.6 Å². The van der Waals surface area contributed by atoms with Crippen LogP contribution in [-0.2, 0) is 11.3 Å². The third-order valence-electron chi connectivity index (χ3n) is 2.98. The average Bonchev–Trinajstić information content (AvgIpc) is 2.85. The lowest BCUT2D eigenvalue weighted by Gasteiger charge is -2.21. The van der Waals surface area contributed by atoms with Crippen molar-refractivity contribution in [3.63, 3.8) is 0 Å². The first-order chi connectivity index (χ1) is 8.85. The Bertz CT molecular complexity index is 484. The maximum absolute atomic E-state index is 9.08. The second-order valence-corrected chi connectivity index (χ2v) is 4.24. The first-order valence-corrected chi connectivity index (χ1v) is 6.08. The summed E-state index contributed by atoms with van der Waals surface area (Å²) in [4.78, 5) is 2.17. The molecule has 5 heteroatoms. The number of nitrogens with zero attached hydrogens (tertiary/aromatic N) is 2. The number of benzene rings is 1. The number of rotatable bonds is 7. The number of aliphatic hydroxyl groups excluding tert-OH is 1. The summed E-state index contributed by atoms with van der Waals surface area (Å²) in [5, 5.41) is 17.3. The van der Waals surface area contributed by atoms with Gasteiger partial charge in [-0.1, -0.05) is 18.2 Å². The highest BCUT2D eigenvalue weighted by Gasteiger charge is 2.08. The minimum atomic E-state index is 0.155. The van der Waals surface area contributed by atoms with E-state index in [0.29, 0.717) is 13.2 Å². The molecule has 0 unspecified atom stereocenters. The van der Waals surface area contributed by atoms with E-state index < -0.39 is 0 Å². The number of para-hydroxylation sites is 1. The van der Waals surface area contributed by atoms with Crippen LogP contribution in [0.15, 0.2) is 24.4 Å². The summed E-state index contributed by atoms with van der Waals surface area (Å²) in [5.74, 6) is 0. The lowest BCUT2D eigenvalue weighted by atomic mass is 10.1. The van der Waals surface area contributed by atoms with E-state index in [1.165, 1.54) is 5.56 Å². The van der Waals surface area contributed by atoms with E-state index in [1.807, 2.05) is 18.3 Å². The smallest absolute Gasteiger partial charge is 0.0695 e. The third-order valence-corrected chi connectivity index (χ3v) is 2.98. The minimum absolute atomic E-state index is 0.155. The molecule has 0 atom stereocenters. The fourth-order valence-electron chi connectivity index (χ4n) is 2.03. The second kappa shape index (κ2) is 6.49. The molecule has 0 bridgehead atoms. The monoisotopic (exact) mass is 249 g/mol. The van der Waals surface area contributed by atoms with Crippen molar-refractivity contribution in [2.24, 2.45) is 0 Å². The van der Waals surface area contributed by atoms with Crippen LogP contribution in [0.5, 0.6) is 0 Å². The Hall–Kier alpha value is -1.43. The number of hydrogen-bond acceptors (Lipinski definition) is 4. The minimum Gasteiger partial charge on any atom is -0.395 e. The van der Waals surface area contributed by atoms with E-state index in [4.69, 9.17) is 9.84 Å². The van der Waals surface area contributed by atoms with Gasteiger partial charge in [0, 0.05) is 32.1 Å². The quantitative estimate of drug-likeness (QED) is 0.768. The van der Waals surface area contributed by atoms with Crippen molar-refractivity contribution < 1.29 is 9.84 Å². The molecule has 1 heterocycles. The molecule has 0 radical (unpaired) electrons. The molecule has 0 saturated carbocycles. The van der Waals surface area contributed by atoms with Gasteiger partial charge in [0.25, 0.3) is 0 Å². The van der Waals surface area contributed by atoms with Crippen LogP contribution in [0.3, 0.4) is 0 Å². The molecule has 1 aromatic heterocycles. The number of aromatic amines is 1. The molecular formula is C13H19N3O2. The molecule has 0 spiro atoms. The Morgan fingerprint density at radius 1 is 1.39 bits per heavy atom. The number of ether oxygens (including phenoxy) is 1. The molecule has 2 aromatic rings. The number of nitrogens with one attached hydrogen (secondary N) is 1. The van der Waals surface area contributed by atoms with Crippen molar-refractivity contribution in [2.45, 2.75) is 6.54 Å². The van der Waals surface area contributed by atoms with E-state index in [0.717, 1.165) is 24.0 Å². The molecule has 1 aromatic carbocycles. The average molecular weight is 249 g/mol. The van der Waals surface area contributed by atoms with Crippen molar-refractivity contribution in [3.8, 4) is 0 Å². The van der Waals surface area contributed by atoms with Crippen molar-refractivity contribution in [2.75, 3.05) is 33.4 Å². The second-order valence-electron chi connectivity index (χ2n) is 4.24. The molecule has 18 heavy (non-hydrogen) atoms. The van der Waals surface area contributed by atoms with Gasteiger partial charge in [-0.05, 0) is 5.56 Å². The number of H-pyrrole nitrogens is 1. The molecule has 0 aliphatic carbocycles. The Morgan fingerprint density at radius 3 is 3.06 bits per heavy atom. The van der Waals surface area contributed by atoms with Crippen LogP contribution in [0, 0.1) is 0 Å². The largest absolute Gasteiger partial charge is 0.395 e. The summed E-state index contributed by atoms with van der Waals surface area (Å²) in [6, 6.07) is 6.15. The zero-order chi connectivity index (χ0) is 12.8. The maximum atomic E-state index is 9.08. The molecule has 5 nitrogen and oxygen atoms in total. The van der Waals surface area contributed by atoms with Crippen molar-refractivity contribution in [1.82, 2.24) is 15.1 Å². The number of aliphatic hydroxyl groups is 1. The van der Waals surface area contributed by atoms with E-state index in [1.54, 1.807) is 7.11 Å². The van der Waals surface area contributed by atoms with Crippen molar-refractivity contribution in [3.05, 3.63) is 30.0 Å². The molecule has 2 N–H and O–H groups in total. The zero-order valence-corrected chi connectivity index (χ0v) is 10.6. The van der Waals surface area contributed by atoms with Gasteiger partial charge >= 0.3 is 0 Å². The molecular weight excluding hydrogens is 230 g/mol. The molecule has 0 aliphatic rings. The predicted molar refractivity (Wildman–Crippen MR) is 70.3 cm³/mol. The van der Waals surface area contributed by atoms with Gasteiger partial charge in [0.15, 0.2) is 0 Å². The van der Waals surface area contributed by atoms with E-state index in [-0.39, 0.29) is 6.61 Å². The number of hydrogen-bond donors (Lipinski definition) is 2. The van der Waals surface area contributed by atoms with E-state index in [9.17, 15) is 0 Å². The Balaban J connectivity index is 2.12. The van der Waals surface area contributed by atoms with Gasteiger partial charge in [-0.3, -0.25) is 10.00 Å². The SMILES string of the molecule is COCCN(CCO)Cc1cccc2cn[nH]c12. The summed E-state index contributed by atoms with van der Waals surface area (Å²) < 4.78 is 5.09.